The maximum Gasteiger partial charge on any atom is 0.326 e. The molecule has 1 atom stereocenters. The van der Waals surface area contributed by atoms with Crippen molar-refractivity contribution in [2.45, 2.75) is 26.3 Å². The number of carbonyl (C=O) groups excluding carboxylic acids is 1. The molecule has 0 aliphatic rings. The number of hydrogen-bond acceptors (Lipinski definition) is 3. The highest BCUT2D eigenvalue weighted by Gasteiger charge is 2.16. The summed E-state index contributed by atoms with van der Waals surface area (Å²) < 4.78 is 5.67. The number of nitrogens with one attached hydrogen (secondary N) is 1. The number of amides is 1. The van der Waals surface area contributed by atoms with E-state index in [0.29, 0.717) is 18.8 Å². The van der Waals surface area contributed by atoms with E-state index in [0.717, 1.165) is 11.1 Å². The normalized spacial score (nSPS) is 13.2. The van der Waals surface area contributed by atoms with Gasteiger partial charge in [0.15, 0.2) is 0 Å². The Morgan fingerprint density at radius 3 is 2.54 bits per heavy atom. The number of hydrogen-bond donors (Lipinski definition) is 2. The molecule has 1 aromatic carbocycles. The van der Waals surface area contributed by atoms with Crippen molar-refractivity contribution in [2.24, 2.45) is 0 Å². The van der Waals surface area contributed by atoms with Gasteiger partial charge in [-0.2, -0.15) is 0 Å². The Labute approximate surface area is 142 Å². The molecule has 0 saturated carbocycles. The van der Waals surface area contributed by atoms with Gasteiger partial charge in [-0.05, 0) is 37.1 Å². The summed E-state index contributed by atoms with van der Waals surface area (Å²) in [6, 6.07) is 6.24. The summed E-state index contributed by atoms with van der Waals surface area (Å²) >= 11 is 0. The van der Waals surface area contributed by atoms with Gasteiger partial charge in [-0.15, -0.1) is 0 Å². The van der Waals surface area contributed by atoms with Crippen LogP contribution in [0.15, 0.2) is 60.2 Å². The van der Waals surface area contributed by atoms with Crippen molar-refractivity contribution in [3.8, 4) is 5.75 Å². The standard InChI is InChI=1S/C19H23NO4/c1-3-4-5-6-7-15(2)13-24-17-10-8-16(9-11-17)12-18(19(22)23)20-14-21/h3-11,14,18H,12-13H2,1-2H3,(H,20,21)(H,22,23)/b4-3-,6-5-,15-7+. The van der Waals surface area contributed by atoms with Gasteiger partial charge < -0.3 is 15.2 Å². The maximum atomic E-state index is 11.0. The van der Waals surface area contributed by atoms with Crippen molar-refractivity contribution < 1.29 is 19.4 Å². The number of benzene rings is 1. The molecule has 1 unspecified atom stereocenters. The van der Waals surface area contributed by atoms with Crippen LogP contribution in [0.25, 0.3) is 0 Å². The SMILES string of the molecule is C\C=C/C=C\C=C(/C)COc1ccc(CC(NC=O)C(=O)O)cc1. The molecule has 5 heteroatoms. The summed E-state index contributed by atoms with van der Waals surface area (Å²) in [7, 11) is 0. The topological polar surface area (TPSA) is 75.6 Å². The Kier molecular flexibility index (Phi) is 8.68. The lowest BCUT2D eigenvalue weighted by atomic mass is 10.1. The van der Waals surface area contributed by atoms with Crippen molar-refractivity contribution in [2.75, 3.05) is 6.61 Å². The number of allylic oxidation sites excluding steroid dienone is 5. The average molecular weight is 329 g/mol. The van der Waals surface area contributed by atoms with E-state index in [1.54, 1.807) is 24.3 Å². The average Bonchev–Trinajstić information content (AvgIpc) is 2.57. The molecule has 128 valence electrons. The minimum absolute atomic E-state index is 0.225. The third kappa shape index (κ3) is 7.45. The lowest BCUT2D eigenvalue weighted by molar-refractivity contribution is -0.140. The van der Waals surface area contributed by atoms with Crippen LogP contribution < -0.4 is 10.1 Å². The Balaban J connectivity index is 2.55. The first-order chi connectivity index (χ1) is 11.6. The minimum Gasteiger partial charge on any atom is -0.489 e. The highest BCUT2D eigenvalue weighted by Crippen LogP contribution is 2.14. The van der Waals surface area contributed by atoms with Crippen molar-refractivity contribution in [1.29, 1.82) is 0 Å². The summed E-state index contributed by atoms with van der Waals surface area (Å²) in [5, 5.41) is 11.3. The first-order valence-corrected chi connectivity index (χ1v) is 7.66. The quantitative estimate of drug-likeness (QED) is 0.511. The van der Waals surface area contributed by atoms with Crippen molar-refractivity contribution in [1.82, 2.24) is 5.32 Å². The fourth-order valence-electron chi connectivity index (χ4n) is 1.90. The van der Waals surface area contributed by atoms with Crippen molar-refractivity contribution in [3.05, 3.63) is 65.8 Å². The molecule has 1 amide bonds. The van der Waals surface area contributed by atoms with Gasteiger partial charge in [0, 0.05) is 6.42 Å². The second kappa shape index (κ2) is 10.8. The van der Waals surface area contributed by atoms with Crippen LogP contribution in [0.3, 0.4) is 0 Å². The summed E-state index contributed by atoms with van der Waals surface area (Å²) in [4.78, 5) is 21.4. The molecule has 0 spiro atoms. The number of carboxylic acid groups (broad SMARTS) is 1. The van der Waals surface area contributed by atoms with Gasteiger partial charge in [-0.3, -0.25) is 4.79 Å². The molecule has 0 saturated heterocycles. The van der Waals surface area contributed by atoms with Gasteiger partial charge >= 0.3 is 5.97 Å². The molecule has 0 heterocycles. The van der Waals surface area contributed by atoms with Crippen LogP contribution in [0.5, 0.6) is 5.75 Å². The van der Waals surface area contributed by atoms with Crippen LogP contribution in [0.1, 0.15) is 19.4 Å². The van der Waals surface area contributed by atoms with E-state index in [1.807, 2.05) is 44.2 Å². The molecule has 0 bridgehead atoms. The maximum absolute atomic E-state index is 11.0. The summed E-state index contributed by atoms with van der Waals surface area (Å²) in [6.07, 6.45) is 10.4. The van der Waals surface area contributed by atoms with Gasteiger partial charge in [-0.25, -0.2) is 4.79 Å². The molecule has 0 aliphatic carbocycles. The zero-order chi connectivity index (χ0) is 17.8. The Morgan fingerprint density at radius 1 is 1.25 bits per heavy atom. The number of aliphatic carboxylic acids is 1. The smallest absolute Gasteiger partial charge is 0.326 e. The molecule has 0 radical (unpaired) electrons. The fraction of sp³-hybridized carbons (Fsp3) is 0.263. The molecule has 5 nitrogen and oxygen atoms in total. The third-order valence-electron chi connectivity index (χ3n) is 3.19. The van der Waals surface area contributed by atoms with E-state index in [1.165, 1.54) is 0 Å². The molecule has 0 fully saturated rings. The van der Waals surface area contributed by atoms with E-state index in [2.05, 4.69) is 5.32 Å². The van der Waals surface area contributed by atoms with Gasteiger partial charge in [0.25, 0.3) is 0 Å². The summed E-state index contributed by atoms with van der Waals surface area (Å²) in [5.74, 6) is -0.353. The van der Waals surface area contributed by atoms with Gasteiger partial charge in [-0.1, -0.05) is 42.5 Å². The van der Waals surface area contributed by atoms with Crippen LogP contribution in [0.4, 0.5) is 0 Å². The van der Waals surface area contributed by atoms with Crippen LogP contribution in [0.2, 0.25) is 0 Å². The molecule has 0 aromatic heterocycles. The lowest BCUT2D eigenvalue weighted by Gasteiger charge is -2.12. The molecule has 24 heavy (non-hydrogen) atoms. The number of rotatable bonds is 10. The summed E-state index contributed by atoms with van der Waals surface area (Å²) in [6.45, 7) is 4.42. The van der Waals surface area contributed by atoms with E-state index < -0.39 is 12.0 Å². The molecule has 0 aliphatic heterocycles. The van der Waals surface area contributed by atoms with Crippen molar-refractivity contribution >= 4 is 12.4 Å². The van der Waals surface area contributed by atoms with E-state index in [-0.39, 0.29) is 6.42 Å². The predicted molar refractivity (Wildman–Crippen MR) is 94.0 cm³/mol. The van der Waals surface area contributed by atoms with Crippen LogP contribution in [0, 0.1) is 0 Å². The predicted octanol–water partition coefficient (Wildman–Crippen LogP) is 2.89. The molecular weight excluding hydrogens is 306 g/mol. The van der Waals surface area contributed by atoms with Crippen LogP contribution >= 0.6 is 0 Å². The van der Waals surface area contributed by atoms with Gasteiger partial charge in [0.05, 0.1) is 0 Å². The number of carbonyl (C=O) groups is 2. The molecule has 1 aromatic rings. The minimum atomic E-state index is -1.06. The molecular formula is C19H23NO4. The van der Waals surface area contributed by atoms with E-state index >= 15 is 0 Å². The largest absolute Gasteiger partial charge is 0.489 e. The second-order valence-corrected chi connectivity index (χ2v) is 5.24. The lowest BCUT2D eigenvalue weighted by Crippen LogP contribution is -2.37. The second-order valence-electron chi connectivity index (χ2n) is 5.24. The first-order valence-electron chi connectivity index (χ1n) is 7.66. The van der Waals surface area contributed by atoms with Gasteiger partial charge in [0.2, 0.25) is 6.41 Å². The van der Waals surface area contributed by atoms with E-state index in [4.69, 9.17) is 9.84 Å². The van der Waals surface area contributed by atoms with E-state index in [9.17, 15) is 9.59 Å². The monoisotopic (exact) mass is 329 g/mol. The number of ether oxygens (including phenoxy) is 1. The molecule has 2 N–H and O–H groups in total. The van der Waals surface area contributed by atoms with Crippen LogP contribution in [-0.4, -0.2) is 30.1 Å². The zero-order valence-corrected chi connectivity index (χ0v) is 13.9. The van der Waals surface area contributed by atoms with Gasteiger partial charge in [0.1, 0.15) is 18.4 Å². The third-order valence-corrected chi connectivity index (χ3v) is 3.19. The fourth-order valence-corrected chi connectivity index (χ4v) is 1.90. The number of carboxylic acids is 1. The Morgan fingerprint density at radius 2 is 1.96 bits per heavy atom. The Bertz CT molecular complexity index is 615. The zero-order valence-electron chi connectivity index (χ0n) is 13.9. The highest BCUT2D eigenvalue weighted by atomic mass is 16.5. The first kappa shape index (κ1) is 19.2. The van der Waals surface area contributed by atoms with Crippen molar-refractivity contribution in [3.63, 3.8) is 0 Å². The van der Waals surface area contributed by atoms with Crippen LogP contribution in [-0.2, 0) is 16.0 Å². The molecule has 1 rings (SSSR count). The Hall–Kier alpha value is -2.82. The highest BCUT2D eigenvalue weighted by molar-refractivity contribution is 5.76. The summed E-state index contributed by atoms with van der Waals surface area (Å²) in [5.41, 5.74) is 1.90.